The number of fused-ring (bicyclic) bond motifs is 1. The molecule has 0 spiro atoms. The van der Waals surface area contributed by atoms with E-state index in [-0.39, 0.29) is 5.91 Å². The van der Waals surface area contributed by atoms with Crippen molar-refractivity contribution in [3.8, 4) is 0 Å². The maximum absolute atomic E-state index is 13.5. The monoisotopic (exact) mass is 516 g/mol. The standard InChI is InChI=1S/C30H36N4O4/c1-19(35)32-17-21-11-13-22(14-12-21)18-33-28(29(37)25(31)15-20-7-3-2-4-8-20)30(38)34-27-24-10-6-5-9-23(24)16-26(27)36/h2-14,25-29,33,36-37H,15-18,31H2,1H3,(H,32,35)(H,34,38)/t25-,26+,27-,28+,29+/m0/s1. The van der Waals surface area contributed by atoms with Crippen LogP contribution in [0.25, 0.3) is 0 Å². The van der Waals surface area contributed by atoms with Crippen molar-refractivity contribution in [2.75, 3.05) is 0 Å². The summed E-state index contributed by atoms with van der Waals surface area (Å²) in [5, 5.41) is 30.8. The van der Waals surface area contributed by atoms with Crippen LogP contribution in [0.15, 0.2) is 78.9 Å². The predicted molar refractivity (Wildman–Crippen MR) is 146 cm³/mol. The molecule has 3 aromatic carbocycles. The van der Waals surface area contributed by atoms with Crippen LogP contribution in [0.5, 0.6) is 0 Å². The zero-order chi connectivity index (χ0) is 27.1. The molecule has 0 unspecified atom stereocenters. The van der Waals surface area contributed by atoms with Crippen molar-refractivity contribution in [3.63, 3.8) is 0 Å². The zero-order valence-corrected chi connectivity index (χ0v) is 21.5. The van der Waals surface area contributed by atoms with Gasteiger partial charge in [-0.2, -0.15) is 0 Å². The van der Waals surface area contributed by atoms with Crippen LogP contribution >= 0.6 is 0 Å². The highest BCUT2D eigenvalue weighted by atomic mass is 16.3. The van der Waals surface area contributed by atoms with E-state index in [1.807, 2.05) is 78.9 Å². The average Bonchev–Trinajstić information content (AvgIpc) is 3.23. The average molecular weight is 517 g/mol. The van der Waals surface area contributed by atoms with Gasteiger partial charge in [-0.05, 0) is 34.2 Å². The van der Waals surface area contributed by atoms with Crippen LogP contribution in [0.2, 0.25) is 0 Å². The van der Waals surface area contributed by atoms with Gasteiger partial charge in [0.15, 0.2) is 0 Å². The number of nitrogens with one attached hydrogen (secondary N) is 3. The second-order valence-electron chi connectivity index (χ2n) is 9.89. The molecule has 2 amide bonds. The molecule has 1 aliphatic carbocycles. The molecule has 200 valence electrons. The number of carbonyl (C=O) groups is 2. The lowest BCUT2D eigenvalue weighted by Gasteiger charge is -2.30. The first kappa shape index (κ1) is 27.5. The molecule has 8 heteroatoms. The summed E-state index contributed by atoms with van der Waals surface area (Å²) in [5.41, 5.74) is 11.1. The maximum atomic E-state index is 13.5. The summed E-state index contributed by atoms with van der Waals surface area (Å²) in [7, 11) is 0. The number of hydrogen-bond acceptors (Lipinski definition) is 6. The Labute approximate surface area is 223 Å². The van der Waals surface area contributed by atoms with E-state index in [0.29, 0.717) is 25.9 Å². The fourth-order valence-corrected chi connectivity index (χ4v) is 4.84. The number of aliphatic hydroxyl groups excluding tert-OH is 2. The predicted octanol–water partition coefficient (Wildman–Crippen LogP) is 1.49. The van der Waals surface area contributed by atoms with Gasteiger partial charge in [-0.15, -0.1) is 0 Å². The van der Waals surface area contributed by atoms with Crippen molar-refractivity contribution in [1.82, 2.24) is 16.0 Å². The first-order valence-corrected chi connectivity index (χ1v) is 12.9. The van der Waals surface area contributed by atoms with Crippen LogP contribution in [0.3, 0.4) is 0 Å². The Morgan fingerprint density at radius 2 is 1.55 bits per heavy atom. The van der Waals surface area contributed by atoms with Gasteiger partial charge in [0, 0.05) is 32.5 Å². The van der Waals surface area contributed by atoms with Gasteiger partial charge in [0.2, 0.25) is 11.8 Å². The van der Waals surface area contributed by atoms with Crippen molar-refractivity contribution in [3.05, 3.63) is 107 Å². The number of hydrogen-bond donors (Lipinski definition) is 6. The van der Waals surface area contributed by atoms with E-state index >= 15 is 0 Å². The SMILES string of the molecule is CC(=O)NCc1ccc(CN[C@@H](C(=O)N[C@H]2c3ccccc3C[C@H]2O)[C@H](O)[C@@H](N)Cc2ccccc2)cc1. The third-order valence-corrected chi connectivity index (χ3v) is 6.97. The molecule has 0 aliphatic heterocycles. The van der Waals surface area contributed by atoms with E-state index in [1.165, 1.54) is 6.92 Å². The van der Waals surface area contributed by atoms with Crippen molar-refractivity contribution in [2.24, 2.45) is 5.73 Å². The Kier molecular flexibility index (Phi) is 9.25. The normalized spacial score (nSPS) is 18.7. The molecule has 1 aliphatic rings. The molecule has 0 heterocycles. The number of amides is 2. The van der Waals surface area contributed by atoms with E-state index in [9.17, 15) is 19.8 Å². The molecule has 7 N–H and O–H groups in total. The van der Waals surface area contributed by atoms with Crippen LogP contribution in [0.4, 0.5) is 0 Å². The number of nitrogens with two attached hydrogens (primary N) is 1. The van der Waals surface area contributed by atoms with Crippen molar-refractivity contribution in [2.45, 2.75) is 63.2 Å². The Morgan fingerprint density at radius 1 is 0.921 bits per heavy atom. The summed E-state index contributed by atoms with van der Waals surface area (Å²) in [6.07, 6.45) is -1.06. The molecule has 0 saturated heterocycles. The highest BCUT2D eigenvalue weighted by molar-refractivity contribution is 5.83. The number of benzene rings is 3. The Balaban J connectivity index is 1.47. The summed E-state index contributed by atoms with van der Waals surface area (Å²) in [5.74, 6) is -0.524. The lowest BCUT2D eigenvalue weighted by Crippen LogP contribution is -2.58. The summed E-state index contributed by atoms with van der Waals surface area (Å²) < 4.78 is 0. The van der Waals surface area contributed by atoms with Gasteiger partial charge in [-0.1, -0.05) is 78.9 Å². The molecule has 0 fully saturated rings. The fraction of sp³-hybridized carbons (Fsp3) is 0.333. The van der Waals surface area contributed by atoms with Gasteiger partial charge in [0.1, 0.15) is 6.04 Å². The molecular weight excluding hydrogens is 480 g/mol. The third-order valence-electron chi connectivity index (χ3n) is 6.97. The number of carbonyl (C=O) groups excluding carboxylic acids is 2. The topological polar surface area (TPSA) is 137 Å². The Morgan fingerprint density at radius 3 is 2.24 bits per heavy atom. The second kappa shape index (κ2) is 12.8. The molecular formula is C30H36N4O4. The Hall–Kier alpha value is -3.56. The Bertz CT molecular complexity index is 1220. The summed E-state index contributed by atoms with van der Waals surface area (Å²) in [6, 6.07) is 22.6. The molecule has 8 nitrogen and oxygen atoms in total. The first-order valence-electron chi connectivity index (χ1n) is 12.9. The molecule has 4 rings (SSSR count). The van der Waals surface area contributed by atoms with Gasteiger partial charge in [-0.25, -0.2) is 0 Å². The van der Waals surface area contributed by atoms with Crippen LogP contribution in [-0.4, -0.2) is 46.3 Å². The van der Waals surface area contributed by atoms with Gasteiger partial charge in [0.05, 0.1) is 18.2 Å². The molecule has 0 radical (unpaired) electrons. The summed E-state index contributed by atoms with van der Waals surface area (Å²) >= 11 is 0. The van der Waals surface area contributed by atoms with E-state index < -0.39 is 36.2 Å². The second-order valence-corrected chi connectivity index (χ2v) is 9.89. The minimum Gasteiger partial charge on any atom is -0.390 e. The molecule has 5 atom stereocenters. The molecule has 38 heavy (non-hydrogen) atoms. The van der Waals surface area contributed by atoms with E-state index in [2.05, 4.69) is 16.0 Å². The largest absolute Gasteiger partial charge is 0.390 e. The van der Waals surface area contributed by atoms with Crippen LogP contribution in [0, 0.1) is 0 Å². The van der Waals surface area contributed by atoms with E-state index in [4.69, 9.17) is 5.73 Å². The van der Waals surface area contributed by atoms with Crippen molar-refractivity contribution < 1.29 is 19.8 Å². The number of aliphatic hydroxyl groups is 2. The lowest BCUT2D eigenvalue weighted by atomic mass is 9.95. The van der Waals surface area contributed by atoms with Gasteiger partial charge in [-0.3, -0.25) is 14.9 Å². The first-order chi connectivity index (χ1) is 18.3. The zero-order valence-electron chi connectivity index (χ0n) is 21.5. The fourth-order valence-electron chi connectivity index (χ4n) is 4.84. The highest BCUT2D eigenvalue weighted by Gasteiger charge is 2.36. The minimum absolute atomic E-state index is 0.0968. The summed E-state index contributed by atoms with van der Waals surface area (Å²) in [6.45, 7) is 2.23. The molecule has 3 aromatic rings. The quantitative estimate of drug-likeness (QED) is 0.229. The summed E-state index contributed by atoms with van der Waals surface area (Å²) in [4.78, 5) is 24.7. The lowest BCUT2D eigenvalue weighted by molar-refractivity contribution is -0.128. The molecule has 0 bridgehead atoms. The van der Waals surface area contributed by atoms with Gasteiger partial charge < -0.3 is 26.6 Å². The van der Waals surface area contributed by atoms with E-state index in [1.54, 1.807) is 0 Å². The molecule has 0 saturated carbocycles. The molecule has 0 aromatic heterocycles. The van der Waals surface area contributed by atoms with Crippen molar-refractivity contribution >= 4 is 11.8 Å². The van der Waals surface area contributed by atoms with Crippen molar-refractivity contribution in [1.29, 1.82) is 0 Å². The number of rotatable bonds is 11. The minimum atomic E-state index is -1.18. The highest BCUT2D eigenvalue weighted by Crippen LogP contribution is 2.31. The van der Waals surface area contributed by atoms with E-state index in [0.717, 1.165) is 27.8 Å². The van der Waals surface area contributed by atoms with Crippen LogP contribution < -0.4 is 21.7 Å². The van der Waals surface area contributed by atoms with Gasteiger partial charge in [0.25, 0.3) is 0 Å². The van der Waals surface area contributed by atoms with Crippen LogP contribution in [0.1, 0.15) is 40.8 Å². The van der Waals surface area contributed by atoms with Crippen LogP contribution in [-0.2, 0) is 35.5 Å². The third kappa shape index (κ3) is 7.05. The smallest absolute Gasteiger partial charge is 0.240 e. The maximum Gasteiger partial charge on any atom is 0.240 e. The van der Waals surface area contributed by atoms with Gasteiger partial charge >= 0.3 is 0 Å².